The van der Waals surface area contributed by atoms with Crippen molar-refractivity contribution in [1.82, 2.24) is 20.0 Å². The number of non-ortho nitro benzene ring substituents is 1. The minimum absolute atomic E-state index is 0.000188. The number of nitrogens with one attached hydrogen (secondary N) is 1. The summed E-state index contributed by atoms with van der Waals surface area (Å²) in [5, 5.41) is 19.2. The number of rotatable bonds is 8. The monoisotopic (exact) mass is 405 g/mol. The van der Waals surface area contributed by atoms with E-state index in [-0.39, 0.29) is 16.5 Å². The van der Waals surface area contributed by atoms with Crippen LogP contribution in [-0.4, -0.2) is 37.6 Å². The number of carbonyl (C=O) groups is 1. The summed E-state index contributed by atoms with van der Waals surface area (Å²) in [5.41, 5.74) is 2.81. The third kappa shape index (κ3) is 4.04. The van der Waals surface area contributed by atoms with Gasteiger partial charge in [0.05, 0.1) is 23.3 Å². The van der Waals surface area contributed by atoms with E-state index in [9.17, 15) is 14.9 Å². The van der Waals surface area contributed by atoms with Gasteiger partial charge in [-0.15, -0.1) is 0 Å². The summed E-state index contributed by atoms with van der Waals surface area (Å²) in [6.45, 7) is 1.39. The fraction of sp³-hybridized carbons (Fsp3) is 0.364. The van der Waals surface area contributed by atoms with E-state index in [0.29, 0.717) is 24.3 Å². The van der Waals surface area contributed by atoms with E-state index in [1.165, 1.54) is 6.07 Å². The molecule has 3 aromatic rings. The molecule has 1 N–H and O–H groups in total. The number of hydrogen-bond donors (Lipinski definition) is 1. The van der Waals surface area contributed by atoms with Crippen molar-refractivity contribution >= 4 is 22.5 Å². The zero-order valence-electron chi connectivity index (χ0n) is 16.5. The molecule has 0 radical (unpaired) electrons. The Labute approximate surface area is 173 Å². The number of aromatic nitrogens is 2. The normalized spacial score (nSPS) is 16.2. The van der Waals surface area contributed by atoms with Gasteiger partial charge in [0.2, 0.25) is 0 Å². The Kier molecular flexibility index (Phi) is 4.71. The molecule has 5 rings (SSSR count). The molecule has 2 aromatic carbocycles. The van der Waals surface area contributed by atoms with Crippen LogP contribution in [0.25, 0.3) is 10.9 Å². The van der Waals surface area contributed by atoms with E-state index in [0.717, 1.165) is 48.7 Å². The molecule has 1 amide bonds. The summed E-state index contributed by atoms with van der Waals surface area (Å²) in [6.07, 6.45) is 6.16. The lowest BCUT2D eigenvalue weighted by Gasteiger charge is -2.22. The molecule has 0 saturated heterocycles. The number of nitrogens with zero attached hydrogens (tertiary/aromatic N) is 4. The van der Waals surface area contributed by atoms with E-state index in [1.54, 1.807) is 18.3 Å². The second kappa shape index (κ2) is 7.53. The van der Waals surface area contributed by atoms with Crippen molar-refractivity contribution in [2.75, 3.05) is 0 Å². The quantitative estimate of drug-likeness (QED) is 0.458. The Bertz CT molecular complexity index is 1100. The summed E-state index contributed by atoms with van der Waals surface area (Å²) >= 11 is 0. The van der Waals surface area contributed by atoms with Gasteiger partial charge in [-0.3, -0.25) is 24.5 Å². The van der Waals surface area contributed by atoms with Crippen LogP contribution in [-0.2, 0) is 13.2 Å². The Morgan fingerprint density at radius 3 is 2.60 bits per heavy atom. The summed E-state index contributed by atoms with van der Waals surface area (Å²) in [4.78, 5) is 25.2. The molecule has 2 saturated carbocycles. The van der Waals surface area contributed by atoms with Crippen LogP contribution in [0.4, 0.5) is 5.69 Å². The van der Waals surface area contributed by atoms with Crippen molar-refractivity contribution in [3.8, 4) is 0 Å². The first kappa shape index (κ1) is 18.7. The van der Waals surface area contributed by atoms with E-state index >= 15 is 0 Å². The first-order valence-electron chi connectivity index (χ1n) is 10.3. The van der Waals surface area contributed by atoms with Crippen LogP contribution in [0.15, 0.2) is 48.7 Å². The number of benzene rings is 2. The maximum atomic E-state index is 12.2. The highest BCUT2D eigenvalue weighted by molar-refractivity contribution is 5.94. The maximum absolute atomic E-state index is 12.2. The van der Waals surface area contributed by atoms with E-state index in [2.05, 4.69) is 15.3 Å². The highest BCUT2D eigenvalue weighted by Gasteiger charge is 2.30. The smallest absolute Gasteiger partial charge is 0.270 e. The average molecular weight is 405 g/mol. The predicted molar refractivity (Wildman–Crippen MR) is 112 cm³/mol. The van der Waals surface area contributed by atoms with Crippen LogP contribution in [0.5, 0.6) is 0 Å². The van der Waals surface area contributed by atoms with Crippen LogP contribution in [0.2, 0.25) is 0 Å². The summed E-state index contributed by atoms with van der Waals surface area (Å²) in [6, 6.07) is 13.5. The number of hydrogen-bond acceptors (Lipinski definition) is 5. The molecule has 30 heavy (non-hydrogen) atoms. The molecule has 8 heteroatoms. The van der Waals surface area contributed by atoms with Crippen LogP contribution in [0.1, 0.15) is 41.6 Å². The van der Waals surface area contributed by atoms with Crippen molar-refractivity contribution in [3.05, 3.63) is 69.9 Å². The molecule has 0 aliphatic heterocycles. The molecule has 1 heterocycles. The maximum Gasteiger partial charge on any atom is 0.270 e. The van der Waals surface area contributed by atoms with Gasteiger partial charge < -0.3 is 5.32 Å². The van der Waals surface area contributed by atoms with Crippen LogP contribution < -0.4 is 5.32 Å². The predicted octanol–water partition coefficient (Wildman–Crippen LogP) is 3.46. The fourth-order valence-electron chi connectivity index (χ4n) is 3.70. The van der Waals surface area contributed by atoms with Gasteiger partial charge in [-0.05, 0) is 49.4 Å². The van der Waals surface area contributed by atoms with E-state index in [4.69, 9.17) is 0 Å². The molecule has 2 fully saturated rings. The van der Waals surface area contributed by atoms with Gasteiger partial charge in [-0.2, -0.15) is 5.10 Å². The molecule has 1 aromatic heterocycles. The molecule has 0 spiro atoms. The van der Waals surface area contributed by atoms with Gasteiger partial charge in [0.1, 0.15) is 0 Å². The lowest BCUT2D eigenvalue weighted by atomic mass is 10.1. The standard InChI is InChI=1S/C22H23N5O3/c28-22(24-18-5-6-18)16-3-1-15(2-4-16)13-25(19-7-8-19)14-26-21-10-9-20(27(29)30)11-17(21)12-23-26/h1-4,9-12,18-19H,5-8,13-14H2,(H,24,28). The first-order valence-corrected chi connectivity index (χ1v) is 10.3. The third-order valence-electron chi connectivity index (χ3n) is 5.73. The average Bonchev–Trinajstić information content (AvgIpc) is 3.67. The summed E-state index contributed by atoms with van der Waals surface area (Å²) < 4.78 is 1.90. The van der Waals surface area contributed by atoms with E-state index in [1.807, 2.05) is 28.9 Å². The van der Waals surface area contributed by atoms with Gasteiger partial charge in [-0.25, -0.2) is 0 Å². The van der Waals surface area contributed by atoms with Crippen molar-refractivity contribution in [2.45, 2.75) is 51.0 Å². The minimum Gasteiger partial charge on any atom is -0.349 e. The van der Waals surface area contributed by atoms with Crippen molar-refractivity contribution in [2.24, 2.45) is 0 Å². The van der Waals surface area contributed by atoms with Crippen LogP contribution >= 0.6 is 0 Å². The number of nitro benzene ring substituents is 1. The topological polar surface area (TPSA) is 93.3 Å². The number of nitro groups is 1. The molecule has 0 bridgehead atoms. The van der Waals surface area contributed by atoms with Crippen molar-refractivity contribution in [1.29, 1.82) is 0 Å². The molecule has 8 nitrogen and oxygen atoms in total. The second-order valence-electron chi connectivity index (χ2n) is 8.21. The minimum atomic E-state index is -0.387. The van der Waals surface area contributed by atoms with Gasteiger partial charge >= 0.3 is 0 Å². The molecule has 2 aliphatic carbocycles. The highest BCUT2D eigenvalue weighted by atomic mass is 16.6. The molecule has 154 valence electrons. The number of amides is 1. The third-order valence-corrected chi connectivity index (χ3v) is 5.73. The van der Waals surface area contributed by atoms with E-state index < -0.39 is 0 Å². The molecular weight excluding hydrogens is 382 g/mol. The number of carbonyl (C=O) groups excluding carboxylic acids is 1. The van der Waals surface area contributed by atoms with Crippen LogP contribution in [0.3, 0.4) is 0 Å². The molecule has 0 unspecified atom stereocenters. The van der Waals surface area contributed by atoms with Gasteiger partial charge in [0.15, 0.2) is 0 Å². The van der Waals surface area contributed by atoms with Gasteiger partial charge in [0, 0.05) is 41.7 Å². The Morgan fingerprint density at radius 2 is 1.93 bits per heavy atom. The highest BCUT2D eigenvalue weighted by Crippen LogP contribution is 2.30. The lowest BCUT2D eigenvalue weighted by Crippen LogP contribution is -2.29. The number of fused-ring (bicyclic) bond motifs is 1. The fourth-order valence-corrected chi connectivity index (χ4v) is 3.70. The molecular formula is C22H23N5O3. The molecule has 0 atom stereocenters. The zero-order valence-corrected chi connectivity index (χ0v) is 16.5. The van der Waals surface area contributed by atoms with Gasteiger partial charge in [-0.1, -0.05) is 12.1 Å². The Balaban J connectivity index is 1.30. The van der Waals surface area contributed by atoms with Crippen molar-refractivity contribution in [3.63, 3.8) is 0 Å². The van der Waals surface area contributed by atoms with Crippen LogP contribution in [0, 0.1) is 10.1 Å². The lowest BCUT2D eigenvalue weighted by molar-refractivity contribution is -0.384. The summed E-state index contributed by atoms with van der Waals surface area (Å²) in [5.74, 6) is 0.000188. The summed E-state index contributed by atoms with van der Waals surface area (Å²) in [7, 11) is 0. The van der Waals surface area contributed by atoms with Crippen molar-refractivity contribution < 1.29 is 9.72 Å². The second-order valence-corrected chi connectivity index (χ2v) is 8.21. The first-order chi connectivity index (χ1) is 14.6. The SMILES string of the molecule is O=C(NC1CC1)c1ccc(CN(Cn2ncc3cc([N+](=O)[O-])ccc32)C2CC2)cc1. The largest absolute Gasteiger partial charge is 0.349 e. The molecule has 2 aliphatic rings. The van der Waals surface area contributed by atoms with Gasteiger partial charge in [0.25, 0.3) is 11.6 Å². The zero-order chi connectivity index (χ0) is 20.7. The Morgan fingerprint density at radius 1 is 1.17 bits per heavy atom. The Hall–Kier alpha value is -3.26.